The monoisotopic (exact) mass is 417 g/mol. The Morgan fingerprint density at radius 1 is 1.17 bits per heavy atom. The van der Waals surface area contributed by atoms with Gasteiger partial charge in [-0.3, -0.25) is 24.7 Å². The van der Waals surface area contributed by atoms with Crippen LogP contribution in [0.3, 0.4) is 0 Å². The Labute approximate surface area is 170 Å². The highest BCUT2D eigenvalue weighted by atomic mass is 35.5. The van der Waals surface area contributed by atoms with Crippen LogP contribution in [0.15, 0.2) is 47.5 Å². The molecule has 3 rings (SSSR count). The SMILES string of the molecule is CNC(=O)C1=NCNC1(C(N)=O)c1ccc(NC(=O)c2cc(F)cc(Cl)c2)cc1. The van der Waals surface area contributed by atoms with E-state index in [4.69, 9.17) is 17.3 Å². The number of nitrogens with zero attached hydrogens (tertiary/aromatic N) is 1. The van der Waals surface area contributed by atoms with Gasteiger partial charge in [-0.1, -0.05) is 23.7 Å². The van der Waals surface area contributed by atoms with Crippen LogP contribution < -0.4 is 21.7 Å². The Hall–Kier alpha value is -3.30. The van der Waals surface area contributed by atoms with Gasteiger partial charge >= 0.3 is 0 Å². The number of nitrogens with one attached hydrogen (secondary N) is 3. The van der Waals surface area contributed by atoms with Gasteiger partial charge in [-0.15, -0.1) is 0 Å². The number of carbonyl (C=O) groups excluding carboxylic acids is 3. The second kappa shape index (κ2) is 7.98. The van der Waals surface area contributed by atoms with Gasteiger partial charge in [0.2, 0.25) is 5.91 Å². The molecule has 1 aliphatic heterocycles. The molecule has 5 N–H and O–H groups in total. The maximum atomic E-state index is 13.4. The van der Waals surface area contributed by atoms with Crippen molar-refractivity contribution in [3.8, 4) is 0 Å². The summed E-state index contributed by atoms with van der Waals surface area (Å²) in [5.41, 5.74) is 4.79. The lowest BCUT2D eigenvalue weighted by molar-refractivity contribution is -0.123. The van der Waals surface area contributed by atoms with Crippen LogP contribution in [-0.2, 0) is 15.1 Å². The third-order valence-corrected chi connectivity index (χ3v) is 4.67. The largest absolute Gasteiger partial charge is 0.367 e. The summed E-state index contributed by atoms with van der Waals surface area (Å²) >= 11 is 5.77. The van der Waals surface area contributed by atoms with Gasteiger partial charge in [-0.05, 0) is 35.9 Å². The van der Waals surface area contributed by atoms with Gasteiger partial charge in [0.1, 0.15) is 11.5 Å². The van der Waals surface area contributed by atoms with Gasteiger partial charge < -0.3 is 16.4 Å². The van der Waals surface area contributed by atoms with Crippen molar-refractivity contribution in [2.75, 3.05) is 19.0 Å². The van der Waals surface area contributed by atoms with E-state index in [-0.39, 0.29) is 23.0 Å². The van der Waals surface area contributed by atoms with Gasteiger partial charge in [0.25, 0.3) is 11.8 Å². The number of anilines is 1. The molecule has 3 amide bonds. The fourth-order valence-corrected chi connectivity index (χ4v) is 3.30. The molecule has 8 nitrogen and oxygen atoms in total. The number of hydrogen-bond acceptors (Lipinski definition) is 5. The van der Waals surface area contributed by atoms with Crippen LogP contribution in [0.1, 0.15) is 15.9 Å². The predicted molar refractivity (Wildman–Crippen MR) is 106 cm³/mol. The molecule has 0 aliphatic carbocycles. The van der Waals surface area contributed by atoms with E-state index in [1.807, 2.05) is 0 Å². The first-order valence-corrected chi connectivity index (χ1v) is 8.85. The summed E-state index contributed by atoms with van der Waals surface area (Å²) < 4.78 is 13.4. The summed E-state index contributed by atoms with van der Waals surface area (Å²) in [5.74, 6) is -2.51. The van der Waals surface area contributed by atoms with Crippen molar-refractivity contribution in [3.63, 3.8) is 0 Å². The zero-order valence-electron chi connectivity index (χ0n) is 15.3. The number of nitrogens with two attached hydrogens (primary N) is 1. The summed E-state index contributed by atoms with van der Waals surface area (Å²) in [6.45, 7) is 0.0461. The molecule has 1 heterocycles. The number of amides is 3. The molecular weight excluding hydrogens is 401 g/mol. The average Bonchev–Trinajstić information content (AvgIpc) is 3.13. The zero-order valence-corrected chi connectivity index (χ0v) is 16.0. The van der Waals surface area contributed by atoms with Crippen molar-refractivity contribution in [3.05, 3.63) is 64.4 Å². The lowest BCUT2D eigenvalue weighted by Gasteiger charge is -2.27. The van der Waals surface area contributed by atoms with Crippen molar-refractivity contribution in [2.45, 2.75) is 5.54 Å². The molecule has 0 spiro atoms. The minimum Gasteiger partial charge on any atom is -0.367 e. The second-order valence-corrected chi connectivity index (χ2v) is 6.66. The van der Waals surface area contributed by atoms with Crippen molar-refractivity contribution in [1.29, 1.82) is 0 Å². The van der Waals surface area contributed by atoms with Gasteiger partial charge in [0.05, 0.1) is 6.67 Å². The van der Waals surface area contributed by atoms with E-state index < -0.39 is 29.1 Å². The van der Waals surface area contributed by atoms with Crippen molar-refractivity contribution >= 4 is 40.7 Å². The predicted octanol–water partition coefficient (Wildman–Crippen LogP) is 1.16. The normalized spacial score (nSPS) is 18.1. The number of hydrogen-bond donors (Lipinski definition) is 4. The molecule has 1 aliphatic rings. The van der Waals surface area contributed by atoms with Gasteiger partial charge in [-0.2, -0.15) is 0 Å². The molecule has 1 atom stereocenters. The number of primary amides is 1. The molecule has 0 saturated carbocycles. The average molecular weight is 418 g/mol. The number of halogens is 2. The van der Waals surface area contributed by atoms with Crippen LogP contribution in [0.4, 0.5) is 10.1 Å². The lowest BCUT2D eigenvalue weighted by atomic mass is 9.84. The van der Waals surface area contributed by atoms with E-state index in [1.165, 1.54) is 37.4 Å². The lowest BCUT2D eigenvalue weighted by Crippen LogP contribution is -2.58. The molecule has 0 saturated heterocycles. The topological polar surface area (TPSA) is 126 Å². The molecule has 2 aromatic carbocycles. The minimum absolute atomic E-state index is 0.0429. The quantitative estimate of drug-likeness (QED) is 0.582. The highest BCUT2D eigenvalue weighted by Gasteiger charge is 2.49. The van der Waals surface area contributed by atoms with Crippen LogP contribution in [0.25, 0.3) is 0 Å². The molecule has 2 aromatic rings. The van der Waals surface area contributed by atoms with E-state index in [1.54, 1.807) is 0 Å². The van der Waals surface area contributed by atoms with Gasteiger partial charge in [0, 0.05) is 23.3 Å². The molecule has 0 aromatic heterocycles. The van der Waals surface area contributed by atoms with E-state index in [0.29, 0.717) is 11.3 Å². The first-order valence-electron chi connectivity index (χ1n) is 8.48. The molecule has 10 heteroatoms. The molecule has 0 fully saturated rings. The van der Waals surface area contributed by atoms with Crippen LogP contribution in [0, 0.1) is 5.82 Å². The number of benzene rings is 2. The van der Waals surface area contributed by atoms with Crippen LogP contribution in [0.5, 0.6) is 0 Å². The smallest absolute Gasteiger partial charge is 0.267 e. The first kappa shape index (κ1) is 20.4. The maximum Gasteiger partial charge on any atom is 0.267 e. The van der Waals surface area contributed by atoms with E-state index in [0.717, 1.165) is 12.1 Å². The second-order valence-electron chi connectivity index (χ2n) is 6.22. The van der Waals surface area contributed by atoms with Crippen molar-refractivity contribution in [1.82, 2.24) is 10.6 Å². The number of aliphatic imine (C=N–C) groups is 1. The van der Waals surface area contributed by atoms with Gasteiger partial charge in [0.15, 0.2) is 5.54 Å². The molecule has 29 heavy (non-hydrogen) atoms. The van der Waals surface area contributed by atoms with Crippen LogP contribution >= 0.6 is 11.6 Å². The summed E-state index contributed by atoms with van der Waals surface area (Å²) in [4.78, 5) is 40.8. The van der Waals surface area contributed by atoms with E-state index >= 15 is 0 Å². The Morgan fingerprint density at radius 3 is 2.45 bits per heavy atom. The molecule has 0 bridgehead atoms. The van der Waals surface area contributed by atoms with Crippen molar-refractivity contribution < 1.29 is 18.8 Å². The van der Waals surface area contributed by atoms with Crippen LogP contribution in [0.2, 0.25) is 5.02 Å². The number of rotatable bonds is 5. The third kappa shape index (κ3) is 3.82. The Bertz CT molecular complexity index is 1000. The Kier molecular flexibility index (Phi) is 5.62. The molecule has 1 unspecified atom stereocenters. The minimum atomic E-state index is -1.58. The summed E-state index contributed by atoms with van der Waals surface area (Å²) in [6.07, 6.45) is 0. The maximum absolute atomic E-state index is 13.4. The first-order chi connectivity index (χ1) is 13.8. The Morgan fingerprint density at radius 2 is 1.86 bits per heavy atom. The number of carbonyl (C=O) groups is 3. The zero-order chi connectivity index (χ0) is 21.2. The van der Waals surface area contributed by atoms with E-state index in [9.17, 15) is 18.8 Å². The standard InChI is InChI=1S/C19H17ClFN5O3/c1-23-17(28)15-19(18(22)29,25-9-24-15)11-2-4-14(5-3-11)26-16(27)10-6-12(20)8-13(21)7-10/h2-8,25H,9H2,1H3,(H2,22,29)(H,23,28)(H,26,27). The Balaban J connectivity index is 1.87. The third-order valence-electron chi connectivity index (χ3n) is 4.45. The molecule has 150 valence electrons. The van der Waals surface area contributed by atoms with E-state index in [2.05, 4.69) is 20.9 Å². The van der Waals surface area contributed by atoms with Gasteiger partial charge in [-0.25, -0.2) is 4.39 Å². The highest BCUT2D eigenvalue weighted by Crippen LogP contribution is 2.28. The fourth-order valence-electron chi connectivity index (χ4n) is 3.08. The fraction of sp³-hybridized carbons (Fsp3) is 0.158. The highest BCUT2D eigenvalue weighted by molar-refractivity contribution is 6.47. The summed E-state index contributed by atoms with van der Waals surface area (Å²) in [7, 11) is 1.42. The van der Waals surface area contributed by atoms with Crippen molar-refractivity contribution in [2.24, 2.45) is 10.7 Å². The van der Waals surface area contributed by atoms with Crippen LogP contribution in [-0.4, -0.2) is 37.1 Å². The molecule has 0 radical (unpaired) electrons. The molecular formula is C19H17ClFN5O3. The summed E-state index contributed by atoms with van der Waals surface area (Å²) in [6, 6.07) is 9.62. The summed E-state index contributed by atoms with van der Waals surface area (Å²) in [5, 5.41) is 8.01.